The number of carbonyl (C=O) groups excluding carboxylic acids is 2. The predicted octanol–water partition coefficient (Wildman–Crippen LogP) is 1.00. The molecule has 21 heavy (non-hydrogen) atoms. The topological polar surface area (TPSA) is 86.7 Å². The van der Waals surface area contributed by atoms with Gasteiger partial charge in [0, 0.05) is 20.0 Å². The van der Waals surface area contributed by atoms with E-state index in [1.165, 1.54) is 6.92 Å². The Hall–Kier alpha value is -1.59. The van der Waals surface area contributed by atoms with Crippen LogP contribution in [0.4, 0.5) is 0 Å². The highest BCUT2D eigenvalue weighted by Crippen LogP contribution is 2.33. The number of nitrogens with zero attached hydrogens (tertiary/aromatic N) is 1. The first-order valence-electron chi connectivity index (χ1n) is 7.63. The van der Waals surface area contributed by atoms with Crippen molar-refractivity contribution in [3.63, 3.8) is 0 Å². The van der Waals surface area contributed by atoms with Gasteiger partial charge in [-0.2, -0.15) is 0 Å². The molecule has 0 spiro atoms. The second kappa shape index (κ2) is 6.03. The molecule has 2 aliphatic rings. The highest BCUT2D eigenvalue weighted by Gasteiger charge is 2.44. The third-order valence-electron chi connectivity index (χ3n) is 4.80. The van der Waals surface area contributed by atoms with Crippen molar-refractivity contribution in [2.45, 2.75) is 52.0 Å². The van der Waals surface area contributed by atoms with E-state index >= 15 is 0 Å². The highest BCUT2D eigenvalue weighted by molar-refractivity contribution is 5.88. The van der Waals surface area contributed by atoms with Crippen molar-refractivity contribution < 1.29 is 19.5 Å². The minimum absolute atomic E-state index is 0.123. The summed E-state index contributed by atoms with van der Waals surface area (Å²) in [6.45, 7) is 3.76. The molecule has 0 aromatic heterocycles. The zero-order valence-electron chi connectivity index (χ0n) is 12.7. The van der Waals surface area contributed by atoms with E-state index in [-0.39, 0.29) is 24.3 Å². The van der Waals surface area contributed by atoms with Gasteiger partial charge in [0.05, 0.1) is 5.41 Å². The normalized spacial score (nSPS) is 27.6. The predicted molar refractivity (Wildman–Crippen MR) is 76.5 cm³/mol. The minimum Gasteiger partial charge on any atom is -0.481 e. The number of nitrogens with one attached hydrogen (secondary N) is 1. The van der Waals surface area contributed by atoms with Crippen molar-refractivity contribution in [1.29, 1.82) is 0 Å². The summed E-state index contributed by atoms with van der Waals surface area (Å²) in [5.41, 5.74) is -0.869. The summed E-state index contributed by atoms with van der Waals surface area (Å²) in [5.74, 6) is -1.02. The fourth-order valence-corrected chi connectivity index (χ4v) is 3.41. The molecular weight excluding hydrogens is 272 g/mol. The van der Waals surface area contributed by atoms with E-state index in [2.05, 4.69) is 5.32 Å². The monoisotopic (exact) mass is 296 g/mol. The molecule has 6 heteroatoms. The largest absolute Gasteiger partial charge is 0.481 e. The van der Waals surface area contributed by atoms with E-state index in [4.69, 9.17) is 0 Å². The van der Waals surface area contributed by atoms with Crippen LogP contribution in [-0.4, -0.2) is 46.9 Å². The number of rotatable bonds is 4. The van der Waals surface area contributed by atoms with Crippen LogP contribution in [-0.2, 0) is 14.4 Å². The summed E-state index contributed by atoms with van der Waals surface area (Å²) in [6.07, 6.45) is 4.52. The average molecular weight is 296 g/mol. The number of likely N-dealkylation sites (tertiary alicyclic amines) is 1. The first-order valence-corrected chi connectivity index (χ1v) is 7.63. The van der Waals surface area contributed by atoms with Gasteiger partial charge in [0.25, 0.3) is 0 Å². The molecule has 0 aromatic rings. The number of amides is 2. The quantitative estimate of drug-likeness (QED) is 0.810. The van der Waals surface area contributed by atoms with Crippen molar-refractivity contribution in [3.8, 4) is 0 Å². The summed E-state index contributed by atoms with van der Waals surface area (Å²) in [4.78, 5) is 37.0. The molecule has 118 valence electrons. The highest BCUT2D eigenvalue weighted by atomic mass is 16.4. The van der Waals surface area contributed by atoms with Crippen LogP contribution in [0.1, 0.15) is 46.0 Å². The van der Waals surface area contributed by atoms with Crippen LogP contribution in [0, 0.1) is 11.3 Å². The number of carboxylic acid groups (broad SMARTS) is 1. The Balaban J connectivity index is 2.08. The summed E-state index contributed by atoms with van der Waals surface area (Å²) < 4.78 is 0. The molecule has 1 heterocycles. The Morgan fingerprint density at radius 2 is 1.90 bits per heavy atom. The lowest BCUT2D eigenvalue weighted by molar-refractivity contribution is -0.147. The number of carbonyl (C=O) groups is 3. The first-order chi connectivity index (χ1) is 9.83. The second-order valence-electron chi connectivity index (χ2n) is 6.60. The summed E-state index contributed by atoms with van der Waals surface area (Å²) >= 11 is 0. The van der Waals surface area contributed by atoms with Gasteiger partial charge in [-0.3, -0.25) is 14.4 Å². The van der Waals surface area contributed by atoms with Crippen LogP contribution in [0.2, 0.25) is 0 Å². The van der Waals surface area contributed by atoms with Gasteiger partial charge in [0.15, 0.2) is 0 Å². The van der Waals surface area contributed by atoms with Crippen LogP contribution >= 0.6 is 0 Å². The Bertz CT molecular complexity index is 445. The van der Waals surface area contributed by atoms with Crippen molar-refractivity contribution in [1.82, 2.24) is 10.2 Å². The van der Waals surface area contributed by atoms with Crippen LogP contribution < -0.4 is 5.32 Å². The zero-order valence-corrected chi connectivity index (χ0v) is 12.7. The summed E-state index contributed by atoms with van der Waals surface area (Å²) in [5, 5.41) is 12.0. The van der Waals surface area contributed by atoms with Crippen LogP contribution in [0.5, 0.6) is 0 Å². The third-order valence-corrected chi connectivity index (χ3v) is 4.80. The molecule has 0 unspecified atom stereocenters. The van der Waals surface area contributed by atoms with Gasteiger partial charge in [-0.15, -0.1) is 0 Å². The van der Waals surface area contributed by atoms with Gasteiger partial charge < -0.3 is 15.3 Å². The molecule has 2 atom stereocenters. The zero-order chi connectivity index (χ0) is 15.6. The third kappa shape index (κ3) is 3.36. The molecule has 0 radical (unpaired) electrons. The Morgan fingerprint density at radius 1 is 1.29 bits per heavy atom. The molecule has 0 aromatic carbocycles. The maximum absolute atomic E-state index is 12.7. The lowest BCUT2D eigenvalue weighted by Gasteiger charge is -2.28. The number of aliphatic carboxylic acids is 1. The van der Waals surface area contributed by atoms with E-state index in [0.29, 0.717) is 13.0 Å². The Kier molecular flexibility index (Phi) is 4.54. The SMILES string of the molecule is CC(=O)N[C@H](C(=O)N1CC[C@](C)(C(=O)O)C1)C1CCCC1. The van der Waals surface area contributed by atoms with Crippen molar-refractivity contribution in [2.75, 3.05) is 13.1 Å². The number of carboxylic acids is 1. The van der Waals surface area contributed by atoms with Crippen LogP contribution in [0.25, 0.3) is 0 Å². The maximum atomic E-state index is 12.7. The average Bonchev–Trinajstić information content (AvgIpc) is 3.05. The van der Waals surface area contributed by atoms with E-state index in [1.807, 2.05) is 0 Å². The van der Waals surface area contributed by atoms with E-state index in [1.54, 1.807) is 11.8 Å². The molecular formula is C15H24N2O4. The molecule has 2 N–H and O–H groups in total. The first kappa shape index (κ1) is 15.8. The van der Waals surface area contributed by atoms with Gasteiger partial charge in [-0.25, -0.2) is 0 Å². The molecule has 2 amide bonds. The van der Waals surface area contributed by atoms with E-state index in [0.717, 1.165) is 25.7 Å². The van der Waals surface area contributed by atoms with Gasteiger partial charge in [0.2, 0.25) is 11.8 Å². The van der Waals surface area contributed by atoms with Gasteiger partial charge in [0.1, 0.15) is 6.04 Å². The van der Waals surface area contributed by atoms with Crippen LogP contribution in [0.15, 0.2) is 0 Å². The lowest BCUT2D eigenvalue weighted by Crippen LogP contribution is -2.51. The summed E-state index contributed by atoms with van der Waals surface area (Å²) in [6, 6.07) is -0.499. The fraction of sp³-hybridized carbons (Fsp3) is 0.800. The molecule has 2 rings (SSSR count). The molecule has 1 saturated heterocycles. The fourth-order valence-electron chi connectivity index (χ4n) is 3.41. The molecule has 1 aliphatic carbocycles. The molecule has 2 fully saturated rings. The number of hydrogen-bond donors (Lipinski definition) is 2. The van der Waals surface area contributed by atoms with Crippen molar-refractivity contribution >= 4 is 17.8 Å². The Labute approximate surface area is 124 Å². The van der Waals surface area contributed by atoms with E-state index < -0.39 is 17.4 Å². The Morgan fingerprint density at radius 3 is 2.38 bits per heavy atom. The van der Waals surface area contributed by atoms with Crippen LogP contribution in [0.3, 0.4) is 0 Å². The standard InChI is InChI=1S/C15H24N2O4/c1-10(18)16-12(11-5-3-4-6-11)13(19)17-8-7-15(2,9-17)14(20)21/h11-12H,3-9H2,1-2H3,(H,16,18)(H,20,21)/t12-,15-/m0/s1. The van der Waals surface area contributed by atoms with Gasteiger partial charge in [-0.05, 0) is 32.1 Å². The molecule has 1 aliphatic heterocycles. The molecule has 0 bridgehead atoms. The molecule has 6 nitrogen and oxygen atoms in total. The van der Waals surface area contributed by atoms with Gasteiger partial charge >= 0.3 is 5.97 Å². The van der Waals surface area contributed by atoms with E-state index in [9.17, 15) is 19.5 Å². The minimum atomic E-state index is -0.869. The lowest BCUT2D eigenvalue weighted by atomic mass is 9.90. The van der Waals surface area contributed by atoms with Crippen molar-refractivity contribution in [3.05, 3.63) is 0 Å². The van der Waals surface area contributed by atoms with Crippen molar-refractivity contribution in [2.24, 2.45) is 11.3 Å². The smallest absolute Gasteiger partial charge is 0.311 e. The van der Waals surface area contributed by atoms with Gasteiger partial charge in [-0.1, -0.05) is 12.8 Å². The summed E-state index contributed by atoms with van der Waals surface area (Å²) in [7, 11) is 0. The maximum Gasteiger partial charge on any atom is 0.311 e. The second-order valence-corrected chi connectivity index (χ2v) is 6.60. The number of hydrogen-bond acceptors (Lipinski definition) is 3. The molecule has 1 saturated carbocycles.